The van der Waals surface area contributed by atoms with E-state index in [0.29, 0.717) is 43.7 Å². The smallest absolute Gasteiger partial charge is 0.254 e. The number of rotatable bonds is 5. The predicted molar refractivity (Wildman–Crippen MR) is 104 cm³/mol. The molecule has 2 atom stereocenters. The molecule has 28 heavy (non-hydrogen) atoms. The van der Waals surface area contributed by atoms with Crippen molar-refractivity contribution in [2.75, 3.05) is 40.6 Å². The predicted octanol–water partition coefficient (Wildman–Crippen LogP) is 2.44. The molecule has 4 rings (SSSR count). The number of nitrogens with zero attached hydrogens (tertiary/aromatic N) is 1. The van der Waals surface area contributed by atoms with Gasteiger partial charge >= 0.3 is 0 Å². The SMILES string of the molecule is COc1cc2c(cc1OC)-c1cc(OC[C@@H]3COCCO3)cc(=O)n1C(C)C2. The Morgan fingerprint density at radius 1 is 1.11 bits per heavy atom. The molecule has 0 amide bonds. The minimum absolute atomic E-state index is 0.0391. The first-order valence-corrected chi connectivity index (χ1v) is 9.44. The van der Waals surface area contributed by atoms with Crippen molar-refractivity contribution in [2.24, 2.45) is 0 Å². The molecule has 1 unspecified atom stereocenters. The summed E-state index contributed by atoms with van der Waals surface area (Å²) in [6.45, 7) is 4.06. The van der Waals surface area contributed by atoms with Crippen LogP contribution in [0.5, 0.6) is 17.2 Å². The first kappa shape index (κ1) is 18.8. The third kappa shape index (κ3) is 3.47. The van der Waals surface area contributed by atoms with Crippen LogP contribution in [0.1, 0.15) is 18.5 Å². The van der Waals surface area contributed by atoms with E-state index in [1.807, 2.05) is 25.1 Å². The maximum Gasteiger partial charge on any atom is 0.254 e. The van der Waals surface area contributed by atoms with Crippen LogP contribution < -0.4 is 19.8 Å². The molecule has 1 aromatic carbocycles. The molecular formula is C21H25NO6. The number of methoxy groups -OCH3 is 2. The normalized spacial score (nSPS) is 20.8. The van der Waals surface area contributed by atoms with E-state index in [2.05, 4.69) is 0 Å². The minimum Gasteiger partial charge on any atom is -0.493 e. The molecule has 7 heteroatoms. The molecule has 1 saturated heterocycles. The van der Waals surface area contributed by atoms with Crippen LogP contribution in [0.2, 0.25) is 0 Å². The number of hydrogen-bond acceptors (Lipinski definition) is 6. The van der Waals surface area contributed by atoms with E-state index >= 15 is 0 Å². The monoisotopic (exact) mass is 387 g/mol. The van der Waals surface area contributed by atoms with Gasteiger partial charge in [0, 0.05) is 23.7 Å². The van der Waals surface area contributed by atoms with Crippen LogP contribution in [0.15, 0.2) is 29.1 Å². The van der Waals surface area contributed by atoms with Gasteiger partial charge in [-0.3, -0.25) is 4.79 Å². The second kappa shape index (κ2) is 7.85. The standard InChI is InChI=1S/C21H25NO6/c1-13-6-14-7-19(24-2)20(25-3)10-17(14)18-8-15(9-21(23)22(13)18)28-12-16-11-26-4-5-27-16/h7-10,13,16H,4-6,11-12H2,1-3H3/t13?,16-/m0/s1. The number of aromatic nitrogens is 1. The number of fused-ring (bicyclic) bond motifs is 3. The zero-order valence-electron chi connectivity index (χ0n) is 16.4. The van der Waals surface area contributed by atoms with Gasteiger partial charge in [0.25, 0.3) is 5.56 Å². The molecule has 2 aliphatic rings. The Morgan fingerprint density at radius 3 is 2.61 bits per heavy atom. The quantitative estimate of drug-likeness (QED) is 0.785. The zero-order chi connectivity index (χ0) is 19.7. The molecule has 0 N–H and O–H groups in total. The van der Waals surface area contributed by atoms with Crippen molar-refractivity contribution in [2.45, 2.75) is 25.5 Å². The lowest BCUT2D eigenvalue weighted by molar-refractivity contribution is -0.101. The van der Waals surface area contributed by atoms with Crippen molar-refractivity contribution < 1.29 is 23.7 Å². The van der Waals surface area contributed by atoms with E-state index in [-0.39, 0.29) is 17.7 Å². The Balaban J connectivity index is 1.71. The second-order valence-electron chi connectivity index (χ2n) is 7.08. The Bertz CT molecular complexity index is 916. The molecule has 0 saturated carbocycles. The van der Waals surface area contributed by atoms with Crippen molar-refractivity contribution in [3.63, 3.8) is 0 Å². The summed E-state index contributed by atoms with van der Waals surface area (Å²) in [6.07, 6.45) is 0.624. The summed E-state index contributed by atoms with van der Waals surface area (Å²) in [5.74, 6) is 1.85. The second-order valence-corrected chi connectivity index (χ2v) is 7.08. The minimum atomic E-state index is -0.122. The van der Waals surface area contributed by atoms with Gasteiger partial charge in [0.2, 0.25) is 0 Å². The van der Waals surface area contributed by atoms with Crippen LogP contribution in [0.4, 0.5) is 0 Å². The van der Waals surface area contributed by atoms with Crippen LogP contribution in [0.3, 0.4) is 0 Å². The van der Waals surface area contributed by atoms with Gasteiger partial charge in [-0.25, -0.2) is 0 Å². The molecule has 2 aromatic rings. The largest absolute Gasteiger partial charge is 0.493 e. The van der Waals surface area contributed by atoms with Gasteiger partial charge in [0.1, 0.15) is 18.5 Å². The van der Waals surface area contributed by atoms with Gasteiger partial charge in [0.05, 0.1) is 39.7 Å². The van der Waals surface area contributed by atoms with Gasteiger partial charge in [-0.1, -0.05) is 0 Å². The Morgan fingerprint density at radius 2 is 1.89 bits per heavy atom. The highest BCUT2D eigenvalue weighted by atomic mass is 16.6. The lowest BCUT2D eigenvalue weighted by Gasteiger charge is -2.29. The van der Waals surface area contributed by atoms with Crippen molar-refractivity contribution >= 4 is 0 Å². The van der Waals surface area contributed by atoms with Crippen LogP contribution in [-0.4, -0.2) is 51.3 Å². The molecule has 0 radical (unpaired) electrons. The van der Waals surface area contributed by atoms with Crippen molar-refractivity contribution in [3.05, 3.63) is 40.2 Å². The third-order valence-electron chi connectivity index (χ3n) is 5.20. The van der Waals surface area contributed by atoms with Gasteiger partial charge in [0.15, 0.2) is 11.5 Å². The summed E-state index contributed by atoms with van der Waals surface area (Å²) in [6, 6.07) is 7.39. The highest BCUT2D eigenvalue weighted by Crippen LogP contribution is 2.41. The Kier molecular flexibility index (Phi) is 5.28. The van der Waals surface area contributed by atoms with Crippen molar-refractivity contribution in [3.8, 4) is 28.5 Å². The van der Waals surface area contributed by atoms with E-state index in [9.17, 15) is 4.79 Å². The average Bonchev–Trinajstić information content (AvgIpc) is 2.71. The van der Waals surface area contributed by atoms with Crippen LogP contribution in [0, 0.1) is 0 Å². The fraction of sp³-hybridized carbons (Fsp3) is 0.476. The number of hydrogen-bond donors (Lipinski definition) is 0. The molecule has 150 valence electrons. The van der Waals surface area contributed by atoms with Gasteiger partial charge < -0.3 is 28.3 Å². The van der Waals surface area contributed by atoms with Crippen molar-refractivity contribution in [1.82, 2.24) is 4.57 Å². The highest BCUT2D eigenvalue weighted by Gasteiger charge is 2.26. The van der Waals surface area contributed by atoms with E-state index in [4.69, 9.17) is 23.7 Å². The van der Waals surface area contributed by atoms with Gasteiger partial charge in [-0.2, -0.15) is 0 Å². The lowest BCUT2D eigenvalue weighted by atomic mass is 9.92. The fourth-order valence-corrected chi connectivity index (χ4v) is 3.86. The van der Waals surface area contributed by atoms with Crippen molar-refractivity contribution in [1.29, 1.82) is 0 Å². The van der Waals surface area contributed by atoms with E-state index in [1.54, 1.807) is 18.8 Å². The van der Waals surface area contributed by atoms with Crippen LogP contribution in [-0.2, 0) is 15.9 Å². The summed E-state index contributed by atoms with van der Waals surface area (Å²) in [5, 5.41) is 0. The first-order chi connectivity index (χ1) is 13.6. The Labute approximate surface area is 163 Å². The average molecular weight is 387 g/mol. The summed E-state index contributed by atoms with van der Waals surface area (Å²) in [7, 11) is 3.23. The van der Waals surface area contributed by atoms with Gasteiger partial charge in [-0.05, 0) is 31.0 Å². The number of pyridine rings is 1. The van der Waals surface area contributed by atoms with Gasteiger partial charge in [-0.15, -0.1) is 0 Å². The number of benzene rings is 1. The summed E-state index contributed by atoms with van der Waals surface area (Å²) in [4.78, 5) is 12.8. The third-order valence-corrected chi connectivity index (χ3v) is 5.20. The summed E-state index contributed by atoms with van der Waals surface area (Å²) < 4.78 is 29.6. The molecule has 0 spiro atoms. The summed E-state index contributed by atoms with van der Waals surface area (Å²) >= 11 is 0. The molecule has 3 heterocycles. The molecular weight excluding hydrogens is 362 g/mol. The van der Waals surface area contributed by atoms with E-state index < -0.39 is 0 Å². The fourth-order valence-electron chi connectivity index (χ4n) is 3.86. The zero-order valence-corrected chi connectivity index (χ0v) is 16.4. The Hall–Kier alpha value is -2.51. The molecule has 1 aromatic heterocycles. The van der Waals surface area contributed by atoms with Crippen LogP contribution >= 0.6 is 0 Å². The number of ether oxygens (including phenoxy) is 5. The molecule has 0 aliphatic carbocycles. The lowest BCUT2D eigenvalue weighted by Crippen LogP contribution is -2.34. The first-order valence-electron chi connectivity index (χ1n) is 9.44. The van der Waals surface area contributed by atoms with E-state index in [0.717, 1.165) is 23.2 Å². The van der Waals surface area contributed by atoms with Crippen LogP contribution in [0.25, 0.3) is 11.3 Å². The maximum atomic E-state index is 12.8. The highest BCUT2D eigenvalue weighted by molar-refractivity contribution is 5.71. The maximum absolute atomic E-state index is 12.8. The van der Waals surface area contributed by atoms with E-state index in [1.165, 1.54) is 6.07 Å². The molecule has 0 bridgehead atoms. The molecule has 2 aliphatic heterocycles. The molecule has 7 nitrogen and oxygen atoms in total. The topological polar surface area (TPSA) is 68.2 Å². The summed E-state index contributed by atoms with van der Waals surface area (Å²) in [5.41, 5.74) is 2.81. The molecule has 1 fully saturated rings.